The van der Waals surface area contributed by atoms with Gasteiger partial charge in [0.15, 0.2) is 11.0 Å². The van der Waals surface area contributed by atoms with Crippen molar-refractivity contribution in [2.45, 2.75) is 30.7 Å². The van der Waals surface area contributed by atoms with Gasteiger partial charge in [0.2, 0.25) is 5.89 Å². The summed E-state index contributed by atoms with van der Waals surface area (Å²) in [7, 11) is 0. The second-order valence-corrected chi connectivity index (χ2v) is 6.15. The van der Waals surface area contributed by atoms with Crippen LogP contribution in [0.1, 0.15) is 30.8 Å². The molecule has 3 aromatic rings. The van der Waals surface area contributed by atoms with Crippen molar-refractivity contribution in [3.05, 3.63) is 48.2 Å². The zero-order chi connectivity index (χ0) is 15.5. The summed E-state index contributed by atoms with van der Waals surface area (Å²) in [5, 5.41) is 4.61. The van der Waals surface area contributed by atoms with Crippen molar-refractivity contribution in [1.82, 2.24) is 19.8 Å². The molecule has 0 amide bonds. The Morgan fingerprint density at radius 2 is 2.05 bits per heavy atom. The maximum atomic E-state index is 6.00. The zero-order valence-corrected chi connectivity index (χ0v) is 13.2. The molecule has 6 nitrogen and oxygen atoms in total. The van der Waals surface area contributed by atoms with Gasteiger partial charge in [0.1, 0.15) is 0 Å². The molecular weight excluding hydrogens is 298 g/mol. The van der Waals surface area contributed by atoms with E-state index >= 15 is 0 Å². The van der Waals surface area contributed by atoms with Crippen LogP contribution in [0.15, 0.2) is 46.2 Å². The Labute approximate surface area is 132 Å². The van der Waals surface area contributed by atoms with Gasteiger partial charge in [0.05, 0.1) is 17.1 Å². The van der Waals surface area contributed by atoms with Crippen molar-refractivity contribution in [2.24, 2.45) is 0 Å². The SMILES string of the molecule is CCc1noc(C(C)Sc2nc(-c3ccccc3)cn2N)n1. The molecule has 7 heteroatoms. The first-order valence-corrected chi connectivity index (χ1v) is 7.94. The second kappa shape index (κ2) is 6.23. The number of aryl methyl sites for hydroxylation is 1. The number of benzene rings is 1. The van der Waals surface area contributed by atoms with Crippen LogP contribution in [0.5, 0.6) is 0 Å². The van der Waals surface area contributed by atoms with Gasteiger partial charge in [-0.15, -0.1) is 0 Å². The van der Waals surface area contributed by atoms with Crippen LogP contribution in [0, 0.1) is 0 Å². The van der Waals surface area contributed by atoms with Crippen molar-refractivity contribution in [3.8, 4) is 11.3 Å². The summed E-state index contributed by atoms with van der Waals surface area (Å²) in [6, 6.07) is 9.94. The highest BCUT2D eigenvalue weighted by Crippen LogP contribution is 2.34. The molecule has 0 saturated heterocycles. The molecule has 0 saturated carbocycles. The minimum atomic E-state index is -0.0128. The molecule has 0 aliphatic heterocycles. The van der Waals surface area contributed by atoms with Crippen molar-refractivity contribution in [2.75, 3.05) is 5.84 Å². The van der Waals surface area contributed by atoms with Gasteiger partial charge in [-0.05, 0) is 6.92 Å². The molecule has 0 radical (unpaired) electrons. The molecule has 1 aromatic carbocycles. The highest BCUT2D eigenvalue weighted by molar-refractivity contribution is 7.99. The van der Waals surface area contributed by atoms with Crippen molar-refractivity contribution in [3.63, 3.8) is 0 Å². The first kappa shape index (κ1) is 14.6. The van der Waals surface area contributed by atoms with Gasteiger partial charge in [-0.3, -0.25) is 0 Å². The predicted molar refractivity (Wildman–Crippen MR) is 85.8 cm³/mol. The van der Waals surface area contributed by atoms with Gasteiger partial charge in [-0.25, -0.2) is 9.66 Å². The summed E-state index contributed by atoms with van der Waals surface area (Å²) in [4.78, 5) is 8.93. The maximum absolute atomic E-state index is 6.00. The number of hydrogen-bond acceptors (Lipinski definition) is 6. The number of hydrogen-bond donors (Lipinski definition) is 1. The first-order chi connectivity index (χ1) is 10.7. The lowest BCUT2D eigenvalue weighted by molar-refractivity contribution is 0.375. The van der Waals surface area contributed by atoms with E-state index in [-0.39, 0.29) is 5.25 Å². The molecule has 0 bridgehead atoms. The number of nitrogen functional groups attached to an aromatic ring is 1. The third kappa shape index (κ3) is 2.99. The van der Waals surface area contributed by atoms with Crippen LogP contribution in [-0.2, 0) is 6.42 Å². The summed E-state index contributed by atoms with van der Waals surface area (Å²) in [5.74, 6) is 7.30. The van der Waals surface area contributed by atoms with E-state index in [2.05, 4.69) is 15.1 Å². The second-order valence-electron chi connectivity index (χ2n) is 4.84. The Bertz CT molecular complexity index is 752. The number of rotatable bonds is 5. The van der Waals surface area contributed by atoms with E-state index < -0.39 is 0 Å². The minimum absolute atomic E-state index is 0.0128. The molecule has 1 unspecified atom stereocenters. The Morgan fingerprint density at radius 1 is 1.27 bits per heavy atom. The van der Waals surface area contributed by atoms with Gasteiger partial charge in [-0.2, -0.15) is 4.98 Å². The van der Waals surface area contributed by atoms with Gasteiger partial charge in [0, 0.05) is 12.0 Å². The number of nitrogens with zero attached hydrogens (tertiary/aromatic N) is 4. The summed E-state index contributed by atoms with van der Waals surface area (Å²) < 4.78 is 6.79. The van der Waals surface area contributed by atoms with Crippen LogP contribution in [0.25, 0.3) is 11.3 Å². The third-order valence-electron chi connectivity index (χ3n) is 3.20. The normalized spacial score (nSPS) is 12.5. The highest BCUT2D eigenvalue weighted by Gasteiger charge is 2.18. The van der Waals surface area contributed by atoms with E-state index in [1.54, 1.807) is 0 Å². The first-order valence-electron chi connectivity index (χ1n) is 7.06. The fourth-order valence-corrected chi connectivity index (χ4v) is 2.83. The summed E-state index contributed by atoms with van der Waals surface area (Å²) in [5.41, 5.74) is 1.88. The molecule has 0 aliphatic carbocycles. The van der Waals surface area contributed by atoms with Gasteiger partial charge < -0.3 is 10.4 Å². The Morgan fingerprint density at radius 3 is 2.73 bits per heavy atom. The lowest BCUT2D eigenvalue weighted by atomic mass is 10.2. The molecule has 1 atom stereocenters. The average molecular weight is 315 g/mol. The molecule has 2 N–H and O–H groups in total. The van der Waals surface area contributed by atoms with Crippen LogP contribution < -0.4 is 5.84 Å². The lowest BCUT2D eigenvalue weighted by Gasteiger charge is -2.05. The van der Waals surface area contributed by atoms with E-state index in [0.717, 1.165) is 17.7 Å². The third-order valence-corrected chi connectivity index (χ3v) is 4.27. The van der Waals surface area contributed by atoms with Crippen LogP contribution >= 0.6 is 11.8 Å². The fourth-order valence-electron chi connectivity index (χ4n) is 2.00. The molecule has 22 heavy (non-hydrogen) atoms. The van der Waals surface area contributed by atoms with Crippen molar-refractivity contribution in [1.29, 1.82) is 0 Å². The largest absolute Gasteiger partial charge is 0.338 e. The molecule has 0 aliphatic rings. The van der Waals surface area contributed by atoms with E-state index in [1.807, 2.05) is 50.4 Å². The van der Waals surface area contributed by atoms with Gasteiger partial charge in [-0.1, -0.05) is 54.2 Å². The Hall–Kier alpha value is -2.28. The van der Waals surface area contributed by atoms with Crippen LogP contribution in [-0.4, -0.2) is 19.8 Å². The summed E-state index contributed by atoms with van der Waals surface area (Å²) >= 11 is 1.49. The zero-order valence-electron chi connectivity index (χ0n) is 12.4. The Kier molecular flexibility index (Phi) is 4.15. The molecule has 2 heterocycles. The summed E-state index contributed by atoms with van der Waals surface area (Å²) in [6.07, 6.45) is 2.57. The number of imidazole rings is 1. The number of aromatic nitrogens is 4. The Balaban J connectivity index is 1.79. The molecule has 114 valence electrons. The van der Waals surface area contributed by atoms with Crippen molar-refractivity contribution < 1.29 is 4.52 Å². The standard InChI is InChI=1S/C15H17N5OS/c1-3-13-18-14(21-19-13)10(2)22-15-17-12(9-20(15)16)11-7-5-4-6-8-11/h4-10H,3,16H2,1-2H3. The van der Waals surface area contributed by atoms with Gasteiger partial charge >= 0.3 is 0 Å². The number of thioether (sulfide) groups is 1. The molecule has 0 fully saturated rings. The maximum Gasteiger partial charge on any atom is 0.239 e. The average Bonchev–Trinajstić information content (AvgIpc) is 3.15. The van der Waals surface area contributed by atoms with Crippen LogP contribution in [0.3, 0.4) is 0 Å². The molecule has 2 aromatic heterocycles. The molecular formula is C15H17N5OS. The predicted octanol–water partition coefficient (Wildman–Crippen LogP) is 3.06. The van der Waals surface area contributed by atoms with Gasteiger partial charge in [0.25, 0.3) is 0 Å². The highest BCUT2D eigenvalue weighted by atomic mass is 32.2. The minimum Gasteiger partial charge on any atom is -0.338 e. The van der Waals surface area contributed by atoms with Crippen LogP contribution in [0.4, 0.5) is 0 Å². The topological polar surface area (TPSA) is 82.8 Å². The lowest BCUT2D eigenvalue weighted by Crippen LogP contribution is -2.08. The van der Waals surface area contributed by atoms with E-state index in [9.17, 15) is 0 Å². The molecule has 3 rings (SSSR count). The smallest absolute Gasteiger partial charge is 0.239 e. The van der Waals surface area contributed by atoms with Crippen molar-refractivity contribution >= 4 is 11.8 Å². The quantitative estimate of drug-likeness (QED) is 0.575. The van der Waals surface area contributed by atoms with E-state index in [4.69, 9.17) is 10.4 Å². The van der Waals surface area contributed by atoms with Crippen LogP contribution in [0.2, 0.25) is 0 Å². The monoisotopic (exact) mass is 315 g/mol. The summed E-state index contributed by atoms with van der Waals surface area (Å²) in [6.45, 7) is 3.99. The molecule has 0 spiro atoms. The van der Waals surface area contributed by atoms with E-state index in [1.165, 1.54) is 16.4 Å². The van der Waals surface area contributed by atoms with E-state index in [0.29, 0.717) is 16.9 Å². The fraction of sp³-hybridized carbons (Fsp3) is 0.267. The number of nitrogens with two attached hydrogens (primary N) is 1.